The van der Waals surface area contributed by atoms with Gasteiger partial charge in [-0.2, -0.15) is 0 Å². The Kier molecular flexibility index (Phi) is 3.88. The Bertz CT molecular complexity index is 523. The summed E-state index contributed by atoms with van der Waals surface area (Å²) in [5, 5.41) is 3.35. The number of nitrogens with one attached hydrogen (secondary N) is 1. The molecule has 0 saturated carbocycles. The van der Waals surface area contributed by atoms with Crippen LogP contribution in [0.4, 0.5) is 5.69 Å². The van der Waals surface area contributed by atoms with E-state index in [0.717, 1.165) is 12.2 Å². The van der Waals surface area contributed by atoms with Crippen LogP contribution in [0, 0.1) is 0 Å². The predicted octanol–water partition coefficient (Wildman–Crippen LogP) is 1.41. The maximum absolute atomic E-state index is 5.64. The minimum Gasteiger partial charge on any atom is -0.388 e. The van der Waals surface area contributed by atoms with Crippen molar-refractivity contribution in [3.05, 3.63) is 42.7 Å². The van der Waals surface area contributed by atoms with Gasteiger partial charge in [0.2, 0.25) is 0 Å². The van der Waals surface area contributed by atoms with Crippen molar-refractivity contribution in [1.82, 2.24) is 14.5 Å². The number of hydrogen-bond acceptors (Lipinski definition) is 4. The molecule has 0 aliphatic rings. The Labute approximate surface area is 111 Å². The standard InChI is InChI=1S/C12H15N5S/c1-9(7-17-6-5-14-8-17)16-10-3-2-4-15-11(10)12(13)18/h2-6,8-9,16H,7H2,1H3,(H2,13,18). The van der Waals surface area contributed by atoms with Gasteiger partial charge in [0.15, 0.2) is 0 Å². The van der Waals surface area contributed by atoms with Crippen molar-refractivity contribution in [2.75, 3.05) is 5.32 Å². The fraction of sp³-hybridized carbons (Fsp3) is 0.250. The molecule has 18 heavy (non-hydrogen) atoms. The first-order valence-corrected chi connectivity index (χ1v) is 6.04. The highest BCUT2D eigenvalue weighted by atomic mass is 32.1. The molecule has 5 nitrogen and oxygen atoms in total. The topological polar surface area (TPSA) is 68.8 Å². The van der Waals surface area contributed by atoms with Crippen molar-refractivity contribution in [3.8, 4) is 0 Å². The molecule has 6 heteroatoms. The minimum absolute atomic E-state index is 0.219. The van der Waals surface area contributed by atoms with Crippen molar-refractivity contribution in [2.45, 2.75) is 19.5 Å². The third kappa shape index (κ3) is 3.04. The zero-order valence-electron chi connectivity index (χ0n) is 10.1. The molecule has 1 atom stereocenters. The van der Waals surface area contributed by atoms with Gasteiger partial charge in [0.25, 0.3) is 0 Å². The summed E-state index contributed by atoms with van der Waals surface area (Å²) >= 11 is 4.98. The molecule has 1 unspecified atom stereocenters. The summed E-state index contributed by atoms with van der Waals surface area (Å²) < 4.78 is 2.01. The second-order valence-corrected chi connectivity index (χ2v) is 4.51. The van der Waals surface area contributed by atoms with Crippen LogP contribution < -0.4 is 11.1 Å². The van der Waals surface area contributed by atoms with Gasteiger partial charge in [-0.3, -0.25) is 4.98 Å². The molecule has 0 bridgehead atoms. The molecule has 0 aromatic carbocycles. The normalized spacial score (nSPS) is 12.1. The predicted molar refractivity (Wildman–Crippen MR) is 75.4 cm³/mol. The summed E-state index contributed by atoms with van der Waals surface area (Å²) in [6.07, 6.45) is 7.16. The molecule has 2 heterocycles. The quantitative estimate of drug-likeness (QED) is 0.797. The third-order valence-electron chi connectivity index (χ3n) is 2.49. The Morgan fingerprint density at radius 3 is 3.06 bits per heavy atom. The third-order valence-corrected chi connectivity index (χ3v) is 2.68. The Balaban J connectivity index is 2.07. The summed E-state index contributed by atoms with van der Waals surface area (Å²) in [7, 11) is 0. The molecule has 0 spiro atoms. The molecular weight excluding hydrogens is 246 g/mol. The average molecular weight is 261 g/mol. The lowest BCUT2D eigenvalue weighted by atomic mass is 10.2. The van der Waals surface area contributed by atoms with E-state index in [4.69, 9.17) is 18.0 Å². The first-order valence-electron chi connectivity index (χ1n) is 5.64. The second kappa shape index (κ2) is 5.59. The summed E-state index contributed by atoms with van der Waals surface area (Å²) in [4.78, 5) is 8.49. The van der Waals surface area contributed by atoms with E-state index in [1.807, 2.05) is 22.9 Å². The number of hydrogen-bond donors (Lipinski definition) is 2. The first-order chi connectivity index (χ1) is 8.66. The van der Waals surface area contributed by atoms with Gasteiger partial charge in [-0.15, -0.1) is 0 Å². The van der Waals surface area contributed by atoms with Gasteiger partial charge >= 0.3 is 0 Å². The van der Waals surface area contributed by atoms with Gasteiger partial charge < -0.3 is 15.6 Å². The Morgan fingerprint density at radius 2 is 2.39 bits per heavy atom. The van der Waals surface area contributed by atoms with E-state index in [1.54, 1.807) is 18.7 Å². The van der Waals surface area contributed by atoms with Crippen LogP contribution in [0.15, 0.2) is 37.1 Å². The second-order valence-electron chi connectivity index (χ2n) is 4.07. The summed E-state index contributed by atoms with van der Waals surface area (Å²) in [6, 6.07) is 4.00. The molecule has 2 aromatic rings. The summed E-state index contributed by atoms with van der Waals surface area (Å²) in [6.45, 7) is 2.89. The zero-order chi connectivity index (χ0) is 13.0. The molecule has 0 amide bonds. The first kappa shape index (κ1) is 12.5. The highest BCUT2D eigenvalue weighted by molar-refractivity contribution is 7.80. The molecule has 2 aromatic heterocycles. The van der Waals surface area contributed by atoms with E-state index >= 15 is 0 Å². The van der Waals surface area contributed by atoms with Crippen molar-refractivity contribution >= 4 is 22.9 Å². The van der Waals surface area contributed by atoms with Crippen LogP contribution in [0.3, 0.4) is 0 Å². The molecule has 0 aliphatic heterocycles. The van der Waals surface area contributed by atoms with Crippen LogP contribution in [0.25, 0.3) is 0 Å². The molecule has 94 valence electrons. The van der Waals surface area contributed by atoms with Crippen LogP contribution in [-0.2, 0) is 6.54 Å². The number of imidazole rings is 1. The van der Waals surface area contributed by atoms with Crippen molar-refractivity contribution in [3.63, 3.8) is 0 Å². The van der Waals surface area contributed by atoms with Gasteiger partial charge in [-0.25, -0.2) is 4.98 Å². The highest BCUT2D eigenvalue weighted by Gasteiger charge is 2.09. The van der Waals surface area contributed by atoms with Crippen molar-refractivity contribution in [2.24, 2.45) is 5.73 Å². The number of rotatable bonds is 5. The fourth-order valence-corrected chi connectivity index (χ4v) is 1.90. The highest BCUT2D eigenvalue weighted by Crippen LogP contribution is 2.13. The van der Waals surface area contributed by atoms with Crippen LogP contribution in [0.1, 0.15) is 12.6 Å². The number of anilines is 1. The minimum atomic E-state index is 0.219. The maximum atomic E-state index is 5.64. The molecular formula is C12H15N5S. The fourth-order valence-electron chi connectivity index (χ4n) is 1.74. The van der Waals surface area contributed by atoms with Crippen LogP contribution in [0.5, 0.6) is 0 Å². The number of aromatic nitrogens is 3. The summed E-state index contributed by atoms with van der Waals surface area (Å²) in [5.41, 5.74) is 7.13. The molecule has 2 rings (SSSR count). The van der Waals surface area contributed by atoms with E-state index in [0.29, 0.717) is 10.7 Å². The van der Waals surface area contributed by atoms with E-state index in [2.05, 4.69) is 22.2 Å². The molecule has 0 radical (unpaired) electrons. The van der Waals surface area contributed by atoms with Crippen LogP contribution in [0.2, 0.25) is 0 Å². The van der Waals surface area contributed by atoms with Crippen molar-refractivity contribution in [1.29, 1.82) is 0 Å². The number of nitrogens with two attached hydrogens (primary N) is 1. The number of pyridine rings is 1. The van der Waals surface area contributed by atoms with Gasteiger partial charge in [-0.05, 0) is 19.1 Å². The summed E-state index contributed by atoms with van der Waals surface area (Å²) in [5.74, 6) is 0. The van der Waals surface area contributed by atoms with Gasteiger partial charge in [0.1, 0.15) is 10.7 Å². The van der Waals surface area contributed by atoms with Gasteiger partial charge in [-0.1, -0.05) is 12.2 Å². The van der Waals surface area contributed by atoms with Crippen LogP contribution in [-0.4, -0.2) is 25.6 Å². The Hall–Kier alpha value is -1.95. The van der Waals surface area contributed by atoms with Crippen molar-refractivity contribution < 1.29 is 0 Å². The molecule has 3 N–H and O–H groups in total. The number of thiocarbonyl (C=S) groups is 1. The van der Waals surface area contributed by atoms with E-state index in [9.17, 15) is 0 Å². The SMILES string of the molecule is CC(Cn1ccnc1)Nc1cccnc1C(N)=S. The van der Waals surface area contributed by atoms with E-state index in [1.165, 1.54) is 0 Å². The maximum Gasteiger partial charge on any atom is 0.124 e. The van der Waals surface area contributed by atoms with E-state index in [-0.39, 0.29) is 6.04 Å². The Morgan fingerprint density at radius 1 is 1.56 bits per heavy atom. The van der Waals surface area contributed by atoms with Crippen LogP contribution >= 0.6 is 12.2 Å². The zero-order valence-corrected chi connectivity index (χ0v) is 10.9. The number of nitrogens with zero attached hydrogens (tertiary/aromatic N) is 3. The van der Waals surface area contributed by atoms with E-state index < -0.39 is 0 Å². The smallest absolute Gasteiger partial charge is 0.124 e. The lowest BCUT2D eigenvalue weighted by molar-refractivity contribution is 0.618. The molecule has 0 aliphatic carbocycles. The van der Waals surface area contributed by atoms with Gasteiger partial charge in [0.05, 0.1) is 12.0 Å². The molecule has 0 fully saturated rings. The largest absolute Gasteiger partial charge is 0.388 e. The lowest BCUT2D eigenvalue weighted by Gasteiger charge is -2.17. The van der Waals surface area contributed by atoms with Gasteiger partial charge in [0, 0.05) is 31.2 Å². The average Bonchev–Trinajstić information content (AvgIpc) is 2.82. The monoisotopic (exact) mass is 261 g/mol. The lowest BCUT2D eigenvalue weighted by Crippen LogP contribution is -2.24. The molecule has 0 saturated heterocycles.